The van der Waals surface area contributed by atoms with E-state index in [0.717, 1.165) is 32.6 Å². The van der Waals surface area contributed by atoms with Crippen molar-refractivity contribution in [3.05, 3.63) is 0 Å². The van der Waals surface area contributed by atoms with E-state index in [4.69, 9.17) is 4.74 Å². The van der Waals surface area contributed by atoms with Gasteiger partial charge in [-0.15, -0.1) is 0 Å². The van der Waals surface area contributed by atoms with Gasteiger partial charge in [0, 0.05) is 19.6 Å². The minimum atomic E-state index is -0.174. The smallest absolute Gasteiger partial charge is 0.0707 e. The van der Waals surface area contributed by atoms with Crippen LogP contribution in [0.25, 0.3) is 0 Å². The lowest BCUT2D eigenvalue weighted by molar-refractivity contribution is -0.0483. The molecule has 0 aromatic rings. The van der Waals surface area contributed by atoms with Crippen molar-refractivity contribution < 1.29 is 9.84 Å². The molecule has 0 aromatic heterocycles. The summed E-state index contributed by atoms with van der Waals surface area (Å²) in [5.41, 5.74) is -0.174. The van der Waals surface area contributed by atoms with Crippen molar-refractivity contribution in [2.45, 2.75) is 50.9 Å². The maximum atomic E-state index is 9.57. The number of nitrogens with zero attached hydrogens (tertiary/aromatic N) is 1. The molecule has 0 spiro atoms. The maximum absolute atomic E-state index is 9.57. The van der Waals surface area contributed by atoms with Crippen LogP contribution in [0, 0.1) is 0 Å². The highest BCUT2D eigenvalue weighted by Gasteiger charge is 2.36. The third kappa shape index (κ3) is 3.41. The number of fused-ring (bicyclic) bond motifs is 2. The summed E-state index contributed by atoms with van der Waals surface area (Å²) >= 11 is 0. The van der Waals surface area contributed by atoms with Crippen molar-refractivity contribution >= 4 is 0 Å². The largest absolute Gasteiger partial charge is 0.394 e. The molecule has 100 valence electrons. The highest BCUT2D eigenvalue weighted by molar-refractivity contribution is 4.91. The van der Waals surface area contributed by atoms with Crippen molar-refractivity contribution in [3.8, 4) is 0 Å². The number of rotatable bonds is 6. The van der Waals surface area contributed by atoms with Crippen LogP contribution in [-0.4, -0.2) is 60.5 Å². The molecular weight excluding hydrogens is 216 g/mol. The van der Waals surface area contributed by atoms with Crippen LogP contribution >= 0.6 is 0 Å². The van der Waals surface area contributed by atoms with E-state index in [0.29, 0.717) is 12.2 Å². The summed E-state index contributed by atoms with van der Waals surface area (Å²) in [7, 11) is 0. The van der Waals surface area contributed by atoms with Crippen molar-refractivity contribution in [1.82, 2.24) is 10.2 Å². The highest BCUT2D eigenvalue weighted by atomic mass is 16.5. The first-order chi connectivity index (χ1) is 8.15. The molecule has 2 saturated heterocycles. The topological polar surface area (TPSA) is 44.7 Å². The Bertz CT molecular complexity index is 238. The van der Waals surface area contributed by atoms with Crippen LogP contribution in [-0.2, 0) is 4.74 Å². The SMILES string of the molecule is CCCNC(C)(CO)CN1CC2CCC(C1)O2. The minimum Gasteiger partial charge on any atom is -0.394 e. The van der Waals surface area contributed by atoms with Gasteiger partial charge in [0.25, 0.3) is 0 Å². The predicted octanol–water partition coefficient (Wildman–Crippen LogP) is 0.600. The molecular formula is C13H26N2O2. The minimum absolute atomic E-state index is 0.174. The quantitative estimate of drug-likeness (QED) is 0.716. The van der Waals surface area contributed by atoms with Crippen LogP contribution < -0.4 is 5.32 Å². The molecule has 3 unspecified atom stereocenters. The Labute approximate surface area is 104 Å². The molecule has 0 radical (unpaired) electrons. The molecule has 2 heterocycles. The van der Waals surface area contributed by atoms with Gasteiger partial charge in [0.05, 0.1) is 24.4 Å². The molecule has 0 saturated carbocycles. The van der Waals surface area contributed by atoms with E-state index in [1.807, 2.05) is 0 Å². The van der Waals surface area contributed by atoms with E-state index in [2.05, 4.69) is 24.1 Å². The average Bonchev–Trinajstić information content (AvgIpc) is 2.66. The van der Waals surface area contributed by atoms with Gasteiger partial charge in [-0.25, -0.2) is 0 Å². The lowest BCUT2D eigenvalue weighted by Crippen LogP contribution is -2.57. The van der Waals surface area contributed by atoms with Gasteiger partial charge in [-0.05, 0) is 32.7 Å². The van der Waals surface area contributed by atoms with Crippen LogP contribution in [0.1, 0.15) is 33.1 Å². The first kappa shape index (κ1) is 13.3. The molecule has 4 heteroatoms. The van der Waals surface area contributed by atoms with Gasteiger partial charge in [-0.1, -0.05) is 6.92 Å². The zero-order chi connectivity index (χ0) is 12.3. The Morgan fingerprint density at radius 1 is 1.35 bits per heavy atom. The number of ether oxygens (including phenoxy) is 1. The first-order valence-corrected chi connectivity index (χ1v) is 6.89. The maximum Gasteiger partial charge on any atom is 0.0707 e. The third-order valence-electron chi connectivity index (χ3n) is 3.84. The molecule has 2 N–H and O–H groups in total. The molecule has 2 aliphatic rings. The van der Waals surface area contributed by atoms with Gasteiger partial charge in [-0.2, -0.15) is 0 Å². The first-order valence-electron chi connectivity index (χ1n) is 6.89. The monoisotopic (exact) mass is 242 g/mol. The number of aliphatic hydroxyl groups is 1. The van der Waals surface area contributed by atoms with E-state index in [9.17, 15) is 5.11 Å². The molecule has 4 nitrogen and oxygen atoms in total. The van der Waals surface area contributed by atoms with E-state index in [1.54, 1.807) is 0 Å². The van der Waals surface area contributed by atoms with Gasteiger partial charge in [0.15, 0.2) is 0 Å². The van der Waals surface area contributed by atoms with E-state index in [-0.39, 0.29) is 12.1 Å². The summed E-state index contributed by atoms with van der Waals surface area (Å²) in [5, 5.41) is 13.0. The Balaban J connectivity index is 1.85. The molecule has 2 aliphatic heterocycles. The van der Waals surface area contributed by atoms with Crippen LogP contribution in [0.3, 0.4) is 0 Å². The van der Waals surface area contributed by atoms with Crippen molar-refractivity contribution in [3.63, 3.8) is 0 Å². The number of morpholine rings is 1. The van der Waals surface area contributed by atoms with Crippen molar-refractivity contribution in [2.75, 3.05) is 32.8 Å². The van der Waals surface area contributed by atoms with E-state index >= 15 is 0 Å². The summed E-state index contributed by atoms with van der Waals surface area (Å²) in [5.74, 6) is 0. The number of nitrogens with one attached hydrogen (secondary N) is 1. The Hall–Kier alpha value is -0.160. The summed E-state index contributed by atoms with van der Waals surface area (Å²) in [6, 6.07) is 0. The number of likely N-dealkylation sites (tertiary alicyclic amines) is 1. The summed E-state index contributed by atoms with van der Waals surface area (Å²) in [4.78, 5) is 2.45. The normalized spacial score (nSPS) is 32.6. The standard InChI is InChI=1S/C13H26N2O2/c1-3-6-14-13(2,10-16)9-15-7-11-4-5-12(8-15)17-11/h11-12,14,16H,3-10H2,1-2H3. The fourth-order valence-electron chi connectivity index (χ4n) is 2.91. The number of hydrogen-bond donors (Lipinski definition) is 2. The second-order valence-electron chi connectivity index (χ2n) is 5.80. The second kappa shape index (κ2) is 5.65. The van der Waals surface area contributed by atoms with Crippen molar-refractivity contribution in [1.29, 1.82) is 0 Å². The molecule has 2 bridgehead atoms. The second-order valence-corrected chi connectivity index (χ2v) is 5.80. The lowest BCUT2D eigenvalue weighted by atomic mass is 10.0. The van der Waals surface area contributed by atoms with Gasteiger partial charge in [-0.3, -0.25) is 4.90 Å². The summed E-state index contributed by atoms with van der Waals surface area (Å²) < 4.78 is 5.83. The summed E-state index contributed by atoms with van der Waals surface area (Å²) in [6.45, 7) is 8.40. The molecule has 3 atom stereocenters. The fourth-order valence-corrected chi connectivity index (χ4v) is 2.91. The van der Waals surface area contributed by atoms with Crippen LogP contribution in [0.4, 0.5) is 0 Å². The molecule has 2 fully saturated rings. The molecule has 0 aliphatic carbocycles. The summed E-state index contributed by atoms with van der Waals surface area (Å²) in [6.07, 6.45) is 4.38. The predicted molar refractivity (Wildman–Crippen MR) is 68.1 cm³/mol. The average molecular weight is 242 g/mol. The Morgan fingerprint density at radius 2 is 2.00 bits per heavy atom. The van der Waals surface area contributed by atoms with Gasteiger partial charge >= 0.3 is 0 Å². The van der Waals surface area contributed by atoms with Gasteiger partial charge in [0.2, 0.25) is 0 Å². The molecule has 17 heavy (non-hydrogen) atoms. The van der Waals surface area contributed by atoms with Crippen LogP contribution in [0.2, 0.25) is 0 Å². The van der Waals surface area contributed by atoms with E-state index < -0.39 is 0 Å². The number of aliphatic hydroxyl groups excluding tert-OH is 1. The van der Waals surface area contributed by atoms with Gasteiger partial charge in [0.1, 0.15) is 0 Å². The van der Waals surface area contributed by atoms with Gasteiger partial charge < -0.3 is 15.2 Å². The zero-order valence-corrected chi connectivity index (χ0v) is 11.1. The Morgan fingerprint density at radius 3 is 2.53 bits per heavy atom. The molecule has 0 amide bonds. The zero-order valence-electron chi connectivity index (χ0n) is 11.1. The Kier molecular flexibility index (Phi) is 4.42. The fraction of sp³-hybridized carbons (Fsp3) is 1.00. The number of hydrogen-bond acceptors (Lipinski definition) is 4. The van der Waals surface area contributed by atoms with E-state index in [1.165, 1.54) is 12.8 Å². The lowest BCUT2D eigenvalue weighted by Gasteiger charge is -2.39. The third-order valence-corrected chi connectivity index (χ3v) is 3.84. The van der Waals surface area contributed by atoms with Crippen LogP contribution in [0.5, 0.6) is 0 Å². The van der Waals surface area contributed by atoms with Crippen LogP contribution in [0.15, 0.2) is 0 Å². The van der Waals surface area contributed by atoms with Crippen molar-refractivity contribution in [2.24, 2.45) is 0 Å². The molecule has 0 aromatic carbocycles. The molecule has 2 rings (SSSR count). The highest BCUT2D eigenvalue weighted by Crippen LogP contribution is 2.26.